The van der Waals surface area contributed by atoms with Gasteiger partial charge in [-0.25, -0.2) is 9.97 Å². The zero-order chi connectivity index (χ0) is 13.2. The summed E-state index contributed by atoms with van der Waals surface area (Å²) in [4.78, 5) is 9.45. The second-order valence-corrected chi connectivity index (χ2v) is 5.60. The predicted octanol–water partition coefficient (Wildman–Crippen LogP) is 2.90. The van der Waals surface area contributed by atoms with E-state index in [-0.39, 0.29) is 0 Å². The average Bonchev–Trinajstić information content (AvgIpc) is 3.07. The highest BCUT2D eigenvalue weighted by Crippen LogP contribution is 2.43. The third-order valence-corrected chi connectivity index (χ3v) is 4.15. The van der Waals surface area contributed by atoms with E-state index in [1.54, 1.807) is 0 Å². The Kier molecular flexibility index (Phi) is 3.69. The summed E-state index contributed by atoms with van der Waals surface area (Å²) in [5.41, 5.74) is 1.13. The molecule has 2 saturated heterocycles. The Morgan fingerprint density at radius 2 is 2.21 bits per heavy atom. The maximum atomic E-state index is 5.93. The maximum Gasteiger partial charge on any atom is 0.136 e. The molecule has 104 valence electrons. The molecule has 2 fully saturated rings. The first-order chi connectivity index (χ1) is 9.30. The van der Waals surface area contributed by atoms with Gasteiger partial charge >= 0.3 is 0 Å². The average molecular weight is 261 g/mol. The Hall–Kier alpha value is -1.16. The van der Waals surface area contributed by atoms with Gasteiger partial charge in [0.05, 0.1) is 12.2 Å². The molecule has 0 aromatic carbocycles. The Morgan fingerprint density at radius 3 is 2.84 bits per heavy atom. The first-order valence-corrected chi connectivity index (χ1v) is 7.57. The molecule has 4 heteroatoms. The van der Waals surface area contributed by atoms with Crippen molar-refractivity contribution in [1.29, 1.82) is 0 Å². The largest absolute Gasteiger partial charge is 0.374 e. The molecular formula is C15H23N3O. The first-order valence-electron chi connectivity index (χ1n) is 7.57. The molecular weight excluding hydrogens is 238 g/mol. The number of hydrogen-bond donors (Lipinski definition) is 1. The number of hydrogen-bond acceptors (Lipinski definition) is 4. The molecule has 0 amide bonds. The second kappa shape index (κ2) is 5.45. The van der Waals surface area contributed by atoms with Crippen LogP contribution in [0, 0.1) is 0 Å². The van der Waals surface area contributed by atoms with Gasteiger partial charge in [-0.05, 0) is 32.1 Å². The van der Waals surface area contributed by atoms with Crippen molar-refractivity contribution in [3.8, 4) is 0 Å². The Morgan fingerprint density at radius 1 is 1.32 bits per heavy atom. The van der Waals surface area contributed by atoms with Crippen molar-refractivity contribution in [2.45, 2.75) is 64.1 Å². The van der Waals surface area contributed by atoms with Gasteiger partial charge in [0, 0.05) is 24.2 Å². The third-order valence-electron chi connectivity index (χ3n) is 4.15. The minimum atomic E-state index is 0.358. The van der Waals surface area contributed by atoms with Gasteiger partial charge in [-0.3, -0.25) is 0 Å². The molecule has 2 bridgehead atoms. The van der Waals surface area contributed by atoms with Gasteiger partial charge in [-0.15, -0.1) is 0 Å². The van der Waals surface area contributed by atoms with Crippen LogP contribution in [-0.2, 0) is 11.2 Å². The predicted molar refractivity (Wildman–Crippen MR) is 75.4 cm³/mol. The Balaban J connectivity index is 1.83. The lowest BCUT2D eigenvalue weighted by Gasteiger charge is -2.18. The molecule has 0 radical (unpaired) electrons. The summed E-state index contributed by atoms with van der Waals surface area (Å²) >= 11 is 0. The van der Waals surface area contributed by atoms with Crippen LogP contribution in [-0.4, -0.2) is 28.7 Å². The standard InChI is InChI=1S/C15H23N3O/c1-3-7-16-14-8-10(4-2)17-15(18-14)12-9-11-5-6-13(12)19-11/h8,11-13H,3-7,9H2,1-2H3,(H,16,17,18). The van der Waals surface area contributed by atoms with Gasteiger partial charge in [0.1, 0.15) is 11.6 Å². The number of nitrogens with one attached hydrogen (secondary N) is 1. The summed E-state index contributed by atoms with van der Waals surface area (Å²) < 4.78 is 5.93. The number of ether oxygens (including phenoxy) is 1. The lowest BCUT2D eigenvalue weighted by molar-refractivity contribution is 0.0998. The van der Waals surface area contributed by atoms with Crippen LogP contribution in [0.25, 0.3) is 0 Å². The van der Waals surface area contributed by atoms with E-state index in [0.29, 0.717) is 18.1 Å². The van der Waals surface area contributed by atoms with Gasteiger partial charge < -0.3 is 10.1 Å². The van der Waals surface area contributed by atoms with Crippen molar-refractivity contribution in [3.63, 3.8) is 0 Å². The summed E-state index contributed by atoms with van der Waals surface area (Å²) in [6.07, 6.45) is 6.37. The summed E-state index contributed by atoms with van der Waals surface area (Å²) in [6, 6.07) is 2.08. The summed E-state index contributed by atoms with van der Waals surface area (Å²) in [5, 5.41) is 3.39. The van der Waals surface area contributed by atoms with E-state index < -0.39 is 0 Å². The SMILES string of the molecule is CCCNc1cc(CC)nc(C2CC3CCC2O3)n1. The molecule has 1 aromatic heterocycles. The number of fused-ring (bicyclic) bond motifs is 2. The van der Waals surface area contributed by atoms with Crippen LogP contribution < -0.4 is 5.32 Å². The van der Waals surface area contributed by atoms with E-state index >= 15 is 0 Å². The summed E-state index contributed by atoms with van der Waals surface area (Å²) in [7, 11) is 0. The lowest BCUT2D eigenvalue weighted by Crippen LogP contribution is -2.18. The first kappa shape index (κ1) is 12.9. The van der Waals surface area contributed by atoms with Crippen LogP contribution in [0.1, 0.15) is 57.0 Å². The van der Waals surface area contributed by atoms with Crippen molar-refractivity contribution < 1.29 is 4.74 Å². The normalized spacial score (nSPS) is 28.8. The number of rotatable bonds is 5. The van der Waals surface area contributed by atoms with Gasteiger partial charge in [-0.1, -0.05) is 13.8 Å². The van der Waals surface area contributed by atoms with Gasteiger partial charge in [0.2, 0.25) is 0 Å². The fourth-order valence-corrected chi connectivity index (χ4v) is 3.12. The number of aryl methyl sites for hydroxylation is 1. The Bertz CT molecular complexity index is 449. The van der Waals surface area contributed by atoms with Crippen molar-refractivity contribution in [3.05, 3.63) is 17.6 Å². The van der Waals surface area contributed by atoms with Gasteiger partial charge in [-0.2, -0.15) is 0 Å². The van der Waals surface area contributed by atoms with E-state index in [4.69, 9.17) is 14.7 Å². The van der Waals surface area contributed by atoms with E-state index in [2.05, 4.69) is 25.2 Å². The molecule has 3 unspecified atom stereocenters. The minimum absolute atomic E-state index is 0.358. The molecule has 2 aliphatic rings. The van der Waals surface area contributed by atoms with Crippen LogP contribution >= 0.6 is 0 Å². The molecule has 3 heterocycles. The lowest BCUT2D eigenvalue weighted by atomic mass is 9.88. The number of aromatic nitrogens is 2. The van der Waals surface area contributed by atoms with Crippen molar-refractivity contribution in [2.75, 3.05) is 11.9 Å². The fourth-order valence-electron chi connectivity index (χ4n) is 3.12. The molecule has 0 spiro atoms. The Labute approximate surface area is 115 Å². The van der Waals surface area contributed by atoms with Crippen molar-refractivity contribution in [1.82, 2.24) is 9.97 Å². The second-order valence-electron chi connectivity index (χ2n) is 5.60. The minimum Gasteiger partial charge on any atom is -0.374 e. The van der Waals surface area contributed by atoms with Crippen LogP contribution in [0.15, 0.2) is 6.07 Å². The molecule has 0 saturated carbocycles. The smallest absolute Gasteiger partial charge is 0.136 e. The van der Waals surface area contributed by atoms with Crippen LogP contribution in [0.4, 0.5) is 5.82 Å². The van der Waals surface area contributed by atoms with Gasteiger partial charge in [0.25, 0.3) is 0 Å². The zero-order valence-corrected chi connectivity index (χ0v) is 11.9. The highest BCUT2D eigenvalue weighted by molar-refractivity contribution is 5.37. The maximum absolute atomic E-state index is 5.93. The third kappa shape index (κ3) is 2.59. The van der Waals surface area contributed by atoms with E-state index in [0.717, 1.165) is 43.1 Å². The molecule has 4 nitrogen and oxygen atoms in total. The summed E-state index contributed by atoms with van der Waals surface area (Å²) in [6.45, 7) is 5.28. The monoisotopic (exact) mass is 261 g/mol. The highest BCUT2D eigenvalue weighted by Gasteiger charge is 2.43. The molecule has 2 aliphatic heterocycles. The topological polar surface area (TPSA) is 47.0 Å². The van der Waals surface area contributed by atoms with E-state index in [1.165, 1.54) is 12.8 Å². The molecule has 1 N–H and O–H groups in total. The van der Waals surface area contributed by atoms with Crippen molar-refractivity contribution in [2.24, 2.45) is 0 Å². The van der Waals surface area contributed by atoms with Crippen molar-refractivity contribution >= 4 is 5.82 Å². The van der Waals surface area contributed by atoms with Crippen LogP contribution in [0.3, 0.4) is 0 Å². The fraction of sp³-hybridized carbons (Fsp3) is 0.733. The summed E-state index contributed by atoms with van der Waals surface area (Å²) in [5.74, 6) is 2.38. The molecule has 3 rings (SSSR count). The zero-order valence-electron chi connectivity index (χ0n) is 11.9. The van der Waals surface area contributed by atoms with E-state index in [1.807, 2.05) is 0 Å². The molecule has 1 aromatic rings. The highest BCUT2D eigenvalue weighted by atomic mass is 16.5. The van der Waals surface area contributed by atoms with Crippen LogP contribution in [0.5, 0.6) is 0 Å². The van der Waals surface area contributed by atoms with Crippen LogP contribution in [0.2, 0.25) is 0 Å². The van der Waals surface area contributed by atoms with E-state index in [9.17, 15) is 0 Å². The molecule has 0 aliphatic carbocycles. The quantitative estimate of drug-likeness (QED) is 0.885. The van der Waals surface area contributed by atoms with Gasteiger partial charge in [0.15, 0.2) is 0 Å². The molecule has 19 heavy (non-hydrogen) atoms. The number of anilines is 1. The molecule has 3 atom stereocenters. The number of nitrogens with zero attached hydrogens (tertiary/aromatic N) is 2.